The molecule has 2 heteroatoms. The summed E-state index contributed by atoms with van der Waals surface area (Å²) >= 11 is 0. The second-order valence-corrected chi connectivity index (χ2v) is 3.20. The summed E-state index contributed by atoms with van der Waals surface area (Å²) in [4.78, 5) is 2.22. The highest BCUT2D eigenvalue weighted by atomic mass is 16.5. The zero-order valence-corrected chi connectivity index (χ0v) is 9.58. The summed E-state index contributed by atoms with van der Waals surface area (Å²) in [7, 11) is 1.68. The molecule has 1 rings (SSSR count). The van der Waals surface area contributed by atoms with Gasteiger partial charge >= 0.3 is 0 Å². The van der Waals surface area contributed by atoms with Gasteiger partial charge < -0.3 is 9.64 Å². The number of hydrogen-bond acceptors (Lipinski definition) is 2. The van der Waals surface area contributed by atoms with E-state index in [1.165, 1.54) is 0 Å². The molecule has 15 heavy (non-hydrogen) atoms. The molecule has 0 N–H and O–H groups in total. The maximum atomic E-state index is 5.38. The Morgan fingerprint density at radius 3 is 2.47 bits per heavy atom. The lowest BCUT2D eigenvalue weighted by Gasteiger charge is -2.23. The van der Waals surface area contributed by atoms with Gasteiger partial charge in [0.15, 0.2) is 0 Å². The first-order chi connectivity index (χ1) is 7.26. The van der Waals surface area contributed by atoms with E-state index >= 15 is 0 Å². The third kappa shape index (κ3) is 2.44. The van der Waals surface area contributed by atoms with Crippen LogP contribution in [0.3, 0.4) is 0 Å². The first-order valence-electron chi connectivity index (χ1n) is 5.16. The highest BCUT2D eigenvalue weighted by Crippen LogP contribution is 2.28. The fourth-order valence-electron chi connectivity index (χ4n) is 1.59. The summed E-state index contributed by atoms with van der Waals surface area (Å²) in [6.07, 6.45) is 5.38. The number of benzene rings is 1. The van der Waals surface area contributed by atoms with Crippen molar-refractivity contribution in [1.82, 2.24) is 0 Å². The number of ether oxygens (including phenoxy) is 1. The van der Waals surface area contributed by atoms with Crippen LogP contribution in [0.2, 0.25) is 0 Å². The second-order valence-electron chi connectivity index (χ2n) is 3.20. The molecule has 0 aromatic heterocycles. The van der Waals surface area contributed by atoms with Crippen LogP contribution >= 0.6 is 0 Å². The zero-order chi connectivity index (χ0) is 11.3. The Morgan fingerprint density at radius 2 is 2.00 bits per heavy atom. The largest absolute Gasteiger partial charge is 0.495 e. The molecule has 2 nitrogen and oxygen atoms in total. The van der Waals surface area contributed by atoms with E-state index in [9.17, 15) is 0 Å². The predicted molar refractivity (Wildman–Crippen MR) is 64.5 cm³/mol. The molecule has 0 aliphatic rings. The van der Waals surface area contributed by atoms with E-state index in [2.05, 4.69) is 24.7 Å². The van der Waals surface area contributed by atoms with Crippen molar-refractivity contribution in [1.29, 1.82) is 0 Å². The van der Waals surface area contributed by atoms with Crippen molar-refractivity contribution < 1.29 is 4.74 Å². The van der Waals surface area contributed by atoms with Gasteiger partial charge in [-0.25, -0.2) is 0 Å². The number of hydrogen-bond donors (Lipinski definition) is 0. The first kappa shape index (κ1) is 11.5. The van der Waals surface area contributed by atoms with Gasteiger partial charge in [-0.05, 0) is 32.0 Å². The lowest BCUT2D eigenvalue weighted by Crippen LogP contribution is -2.22. The number of methoxy groups -OCH3 is 1. The standard InChI is InChI=1S/C13H17NO/c1-5-11-8-9-13(15-4)12(10-11)14(6-2)7-3/h1,8-10H,6-7H2,2-4H3. The Balaban J connectivity index is 3.17. The van der Waals surface area contributed by atoms with E-state index in [-0.39, 0.29) is 0 Å². The van der Waals surface area contributed by atoms with Gasteiger partial charge in [0.2, 0.25) is 0 Å². The van der Waals surface area contributed by atoms with Gasteiger partial charge in [-0.3, -0.25) is 0 Å². The molecule has 1 aromatic carbocycles. The quantitative estimate of drug-likeness (QED) is 0.697. The van der Waals surface area contributed by atoms with Crippen molar-refractivity contribution in [3.05, 3.63) is 23.8 Å². The van der Waals surface area contributed by atoms with Crippen molar-refractivity contribution in [3.8, 4) is 18.1 Å². The second kappa shape index (κ2) is 5.31. The average Bonchev–Trinajstić information content (AvgIpc) is 2.30. The van der Waals surface area contributed by atoms with Crippen molar-refractivity contribution in [2.75, 3.05) is 25.1 Å². The van der Waals surface area contributed by atoms with Crippen LogP contribution in [-0.2, 0) is 0 Å². The van der Waals surface area contributed by atoms with Crippen molar-refractivity contribution in [3.63, 3.8) is 0 Å². The normalized spacial score (nSPS) is 9.47. The fraction of sp³-hybridized carbons (Fsp3) is 0.385. The van der Waals surface area contributed by atoms with Crippen molar-refractivity contribution >= 4 is 5.69 Å². The van der Waals surface area contributed by atoms with E-state index in [1.807, 2.05) is 18.2 Å². The molecular formula is C13H17NO. The summed E-state index contributed by atoms with van der Waals surface area (Å²) < 4.78 is 5.32. The molecule has 0 spiro atoms. The molecule has 0 fully saturated rings. The van der Waals surface area contributed by atoms with Crippen molar-refractivity contribution in [2.45, 2.75) is 13.8 Å². The predicted octanol–water partition coefficient (Wildman–Crippen LogP) is 2.52. The molecule has 0 atom stereocenters. The third-order valence-corrected chi connectivity index (χ3v) is 2.45. The molecule has 0 aliphatic heterocycles. The summed E-state index contributed by atoms with van der Waals surface area (Å²) in [5, 5.41) is 0. The maximum Gasteiger partial charge on any atom is 0.142 e. The number of nitrogens with zero attached hydrogens (tertiary/aromatic N) is 1. The molecule has 0 amide bonds. The molecule has 0 aliphatic carbocycles. The summed E-state index contributed by atoms with van der Waals surface area (Å²) in [6.45, 7) is 6.12. The Morgan fingerprint density at radius 1 is 1.33 bits per heavy atom. The third-order valence-electron chi connectivity index (χ3n) is 2.45. The smallest absolute Gasteiger partial charge is 0.142 e. The number of terminal acetylenes is 1. The molecule has 0 heterocycles. The maximum absolute atomic E-state index is 5.38. The van der Waals surface area contributed by atoms with Gasteiger partial charge in [-0.2, -0.15) is 0 Å². The lowest BCUT2D eigenvalue weighted by molar-refractivity contribution is 0.414. The van der Waals surface area contributed by atoms with Crippen LogP contribution in [0.4, 0.5) is 5.69 Å². The highest BCUT2D eigenvalue weighted by molar-refractivity contribution is 5.62. The first-order valence-corrected chi connectivity index (χ1v) is 5.16. The Hall–Kier alpha value is -1.62. The van der Waals surface area contributed by atoms with Crippen LogP contribution in [-0.4, -0.2) is 20.2 Å². The minimum Gasteiger partial charge on any atom is -0.495 e. The van der Waals surface area contributed by atoms with Gasteiger partial charge in [0, 0.05) is 18.7 Å². The monoisotopic (exact) mass is 203 g/mol. The van der Waals surface area contributed by atoms with Crippen LogP contribution in [0.5, 0.6) is 5.75 Å². The highest BCUT2D eigenvalue weighted by Gasteiger charge is 2.08. The van der Waals surface area contributed by atoms with Crippen LogP contribution in [0, 0.1) is 12.3 Å². The minimum atomic E-state index is 0.873. The van der Waals surface area contributed by atoms with E-state index in [0.29, 0.717) is 0 Å². The summed E-state index contributed by atoms with van der Waals surface area (Å²) in [6, 6.07) is 5.81. The summed E-state index contributed by atoms with van der Waals surface area (Å²) in [5.74, 6) is 3.51. The fourth-order valence-corrected chi connectivity index (χ4v) is 1.59. The molecule has 0 radical (unpaired) electrons. The van der Waals surface area contributed by atoms with E-state index < -0.39 is 0 Å². The molecule has 0 bridgehead atoms. The van der Waals surface area contributed by atoms with Crippen LogP contribution in [0.1, 0.15) is 19.4 Å². The molecule has 1 aromatic rings. The molecular weight excluding hydrogens is 186 g/mol. The minimum absolute atomic E-state index is 0.873. The van der Waals surface area contributed by atoms with E-state index in [0.717, 1.165) is 30.1 Å². The van der Waals surface area contributed by atoms with Gasteiger partial charge in [-0.15, -0.1) is 6.42 Å². The van der Waals surface area contributed by atoms with Crippen LogP contribution < -0.4 is 9.64 Å². The van der Waals surface area contributed by atoms with E-state index in [1.54, 1.807) is 7.11 Å². The van der Waals surface area contributed by atoms with Gasteiger partial charge in [0.05, 0.1) is 12.8 Å². The van der Waals surface area contributed by atoms with Gasteiger partial charge in [0.25, 0.3) is 0 Å². The Kier molecular flexibility index (Phi) is 4.05. The van der Waals surface area contributed by atoms with Gasteiger partial charge in [0.1, 0.15) is 5.75 Å². The number of anilines is 1. The van der Waals surface area contributed by atoms with Crippen LogP contribution in [0.15, 0.2) is 18.2 Å². The summed E-state index contributed by atoms with van der Waals surface area (Å²) in [5.41, 5.74) is 1.95. The number of rotatable bonds is 4. The Bertz CT molecular complexity index is 361. The molecule has 0 unspecified atom stereocenters. The van der Waals surface area contributed by atoms with Gasteiger partial charge in [-0.1, -0.05) is 5.92 Å². The molecule has 0 saturated heterocycles. The van der Waals surface area contributed by atoms with Crippen molar-refractivity contribution in [2.24, 2.45) is 0 Å². The van der Waals surface area contributed by atoms with E-state index in [4.69, 9.17) is 11.2 Å². The van der Waals surface area contributed by atoms with Crippen LogP contribution in [0.25, 0.3) is 0 Å². The molecule has 80 valence electrons. The topological polar surface area (TPSA) is 12.5 Å². The average molecular weight is 203 g/mol. The zero-order valence-electron chi connectivity index (χ0n) is 9.58. The Labute approximate surface area is 91.9 Å². The SMILES string of the molecule is C#Cc1ccc(OC)c(N(CC)CC)c1. The lowest BCUT2D eigenvalue weighted by atomic mass is 10.1. The molecule has 0 saturated carbocycles.